The Labute approximate surface area is 271 Å². The maximum Gasteiger partial charge on any atom is 0.234 e. The molecule has 0 aliphatic heterocycles. The lowest BCUT2D eigenvalue weighted by Gasteiger charge is -2.14. The van der Waals surface area contributed by atoms with Crippen molar-refractivity contribution in [1.82, 2.24) is 19.9 Å². The van der Waals surface area contributed by atoms with Crippen LogP contribution in [0.1, 0.15) is 11.1 Å². The van der Waals surface area contributed by atoms with Crippen molar-refractivity contribution in [3.63, 3.8) is 0 Å². The van der Waals surface area contributed by atoms with Crippen molar-refractivity contribution in [2.75, 3.05) is 22.1 Å². The van der Waals surface area contributed by atoms with Crippen LogP contribution in [0.5, 0.6) is 0 Å². The molecule has 2 heterocycles. The van der Waals surface area contributed by atoms with E-state index in [1.807, 2.05) is 74.5 Å². The summed E-state index contributed by atoms with van der Waals surface area (Å²) < 4.78 is 0. The van der Waals surface area contributed by atoms with Crippen LogP contribution in [-0.2, 0) is 9.59 Å². The second kappa shape index (κ2) is 13.0. The van der Waals surface area contributed by atoms with Crippen molar-refractivity contribution >= 4 is 92.0 Å². The number of anilines is 2. The van der Waals surface area contributed by atoms with Gasteiger partial charge in [0.05, 0.1) is 33.6 Å². The minimum Gasteiger partial charge on any atom is -0.333 e. The summed E-state index contributed by atoms with van der Waals surface area (Å²) in [5.41, 5.74) is 8.87. The number of imidazole rings is 2. The Kier molecular flexibility index (Phi) is 8.86. The Morgan fingerprint density at radius 3 is 1.50 bits per heavy atom. The molecule has 6 aromatic rings. The fourth-order valence-corrected chi connectivity index (χ4v) is 6.52. The quantitative estimate of drug-likeness (QED) is 0.116. The zero-order valence-corrected chi connectivity index (χ0v) is 26.8. The molecular weight excluding hydrogens is 635 g/mol. The van der Waals surface area contributed by atoms with Gasteiger partial charge in [0.15, 0.2) is 10.3 Å². The van der Waals surface area contributed by atoms with E-state index in [4.69, 9.17) is 23.2 Å². The highest BCUT2D eigenvalue weighted by Crippen LogP contribution is 2.31. The highest BCUT2D eigenvalue weighted by atomic mass is 35.5. The van der Waals surface area contributed by atoms with Crippen molar-refractivity contribution in [3.05, 3.63) is 94.0 Å². The molecule has 44 heavy (non-hydrogen) atoms. The van der Waals surface area contributed by atoms with Crippen molar-refractivity contribution in [1.29, 1.82) is 0 Å². The molecule has 0 saturated carbocycles. The van der Waals surface area contributed by atoms with Gasteiger partial charge in [0.2, 0.25) is 11.8 Å². The van der Waals surface area contributed by atoms with E-state index in [0.29, 0.717) is 20.4 Å². The number of carbonyl (C=O) groups excluding carboxylic acids is 2. The van der Waals surface area contributed by atoms with Gasteiger partial charge in [-0.25, -0.2) is 9.97 Å². The number of nitrogens with one attached hydrogen (secondary N) is 4. The van der Waals surface area contributed by atoms with Gasteiger partial charge in [-0.1, -0.05) is 58.9 Å². The highest BCUT2D eigenvalue weighted by Gasteiger charge is 2.12. The molecule has 0 aliphatic rings. The molecule has 0 saturated heterocycles. The average Bonchev–Trinajstić information content (AvgIpc) is 3.58. The molecule has 0 fully saturated rings. The van der Waals surface area contributed by atoms with Crippen LogP contribution >= 0.6 is 46.7 Å². The summed E-state index contributed by atoms with van der Waals surface area (Å²) in [6.07, 6.45) is 0. The molecule has 6 rings (SSSR count). The normalized spacial score (nSPS) is 11.3. The number of nitrogens with zero attached hydrogens (tertiary/aromatic N) is 2. The Balaban J connectivity index is 1.03. The summed E-state index contributed by atoms with van der Waals surface area (Å²) in [5.74, 6) is 0.179. The van der Waals surface area contributed by atoms with Gasteiger partial charge >= 0.3 is 0 Å². The number of hydrogen-bond acceptors (Lipinski definition) is 6. The fraction of sp³-hybridized carbons (Fsp3) is 0.125. The lowest BCUT2D eigenvalue weighted by Crippen LogP contribution is -2.14. The number of halogens is 2. The number of aryl methyl sites for hydroxylation is 2. The third-order valence-electron chi connectivity index (χ3n) is 6.83. The first-order valence-electron chi connectivity index (χ1n) is 13.6. The molecule has 0 atom stereocenters. The molecule has 8 nitrogen and oxygen atoms in total. The molecular formula is C32H26Cl2N6O2S2. The zero-order chi connectivity index (χ0) is 30.8. The highest BCUT2D eigenvalue weighted by molar-refractivity contribution is 8.00. The van der Waals surface area contributed by atoms with Gasteiger partial charge in [0, 0.05) is 21.4 Å². The van der Waals surface area contributed by atoms with E-state index in [9.17, 15) is 9.59 Å². The molecule has 4 N–H and O–H groups in total. The van der Waals surface area contributed by atoms with Gasteiger partial charge in [0.1, 0.15) is 0 Å². The van der Waals surface area contributed by atoms with E-state index in [2.05, 4.69) is 30.6 Å². The number of aromatic amines is 2. The number of amides is 2. The third-order valence-corrected chi connectivity index (χ3v) is 9.05. The van der Waals surface area contributed by atoms with Crippen molar-refractivity contribution in [2.45, 2.75) is 24.2 Å². The van der Waals surface area contributed by atoms with Crippen LogP contribution in [0.25, 0.3) is 33.2 Å². The van der Waals surface area contributed by atoms with Crippen LogP contribution in [0.2, 0.25) is 10.0 Å². The summed E-state index contributed by atoms with van der Waals surface area (Å²) in [6.45, 7) is 4.02. The predicted molar refractivity (Wildman–Crippen MR) is 182 cm³/mol. The van der Waals surface area contributed by atoms with Crippen molar-refractivity contribution in [2.24, 2.45) is 0 Å². The number of rotatable bonds is 9. The van der Waals surface area contributed by atoms with Crippen LogP contribution in [-0.4, -0.2) is 43.3 Å². The number of hydrogen-bond donors (Lipinski definition) is 4. The summed E-state index contributed by atoms with van der Waals surface area (Å²) in [5, 5.41) is 8.52. The number of H-pyrrole nitrogens is 2. The first-order valence-corrected chi connectivity index (χ1v) is 16.3. The smallest absolute Gasteiger partial charge is 0.234 e. The first kappa shape index (κ1) is 30.1. The molecule has 222 valence electrons. The second-order valence-electron chi connectivity index (χ2n) is 10.1. The maximum atomic E-state index is 12.6. The van der Waals surface area contributed by atoms with Gasteiger partial charge in [0.25, 0.3) is 0 Å². The number of thioether (sulfide) groups is 2. The maximum absolute atomic E-state index is 12.6. The molecule has 0 radical (unpaired) electrons. The van der Waals surface area contributed by atoms with E-state index in [-0.39, 0.29) is 23.3 Å². The van der Waals surface area contributed by atoms with Crippen LogP contribution in [0.15, 0.2) is 83.1 Å². The number of fused-ring (bicyclic) bond motifs is 2. The number of carbonyl (C=O) groups is 2. The van der Waals surface area contributed by atoms with Crippen molar-refractivity contribution < 1.29 is 9.59 Å². The molecule has 0 spiro atoms. The second-order valence-corrected chi connectivity index (χ2v) is 12.9. The molecule has 2 amide bonds. The predicted octanol–water partition coefficient (Wildman–Crippen LogP) is 8.49. The molecule has 0 bridgehead atoms. The minimum atomic E-state index is -0.125. The topological polar surface area (TPSA) is 116 Å². The number of benzene rings is 4. The molecule has 12 heteroatoms. The lowest BCUT2D eigenvalue weighted by molar-refractivity contribution is -0.114. The van der Waals surface area contributed by atoms with E-state index in [1.165, 1.54) is 23.5 Å². The third kappa shape index (κ3) is 7.05. The van der Waals surface area contributed by atoms with E-state index < -0.39 is 0 Å². The SMILES string of the molecule is Cc1cc(NC(=O)CSc2nc3ccc(Cl)cc3[nH]2)ccc1-c1ccc(NC(=O)CSc2nc3ccc(Cl)cc3[nH]2)cc1C. The monoisotopic (exact) mass is 660 g/mol. The Morgan fingerprint density at radius 2 is 1.09 bits per heavy atom. The van der Waals surface area contributed by atoms with Gasteiger partial charge < -0.3 is 20.6 Å². The fourth-order valence-electron chi connectivity index (χ4n) is 4.80. The van der Waals surface area contributed by atoms with Gasteiger partial charge in [-0.15, -0.1) is 0 Å². The van der Waals surface area contributed by atoms with Crippen LogP contribution in [0, 0.1) is 13.8 Å². The summed E-state index contributed by atoms with van der Waals surface area (Å²) in [4.78, 5) is 40.6. The standard InChI is InChI=1S/C32H26Cl2N6O2S2/c1-17-11-21(35-29(41)15-43-31-37-25-9-3-19(33)13-27(25)39-31)5-7-23(17)24-8-6-22(12-18(24)2)36-30(42)16-44-32-38-26-10-4-20(34)14-28(26)40-32/h3-14H,15-16H2,1-2H3,(H,35,41)(H,36,42)(H,37,39)(H,38,40). The van der Waals surface area contributed by atoms with Gasteiger partial charge in [-0.2, -0.15) is 0 Å². The Bertz CT molecular complexity index is 1900. The van der Waals surface area contributed by atoms with Gasteiger partial charge in [-0.3, -0.25) is 9.59 Å². The van der Waals surface area contributed by atoms with Gasteiger partial charge in [-0.05, 0) is 96.8 Å². The van der Waals surface area contributed by atoms with Crippen LogP contribution < -0.4 is 10.6 Å². The summed E-state index contributed by atoms with van der Waals surface area (Å²) in [6, 6.07) is 22.6. The lowest BCUT2D eigenvalue weighted by atomic mass is 9.96. The largest absolute Gasteiger partial charge is 0.333 e. The molecule has 0 unspecified atom stereocenters. The average molecular weight is 662 g/mol. The molecule has 2 aromatic heterocycles. The summed E-state index contributed by atoms with van der Waals surface area (Å²) in [7, 11) is 0. The molecule has 0 aliphatic carbocycles. The van der Waals surface area contributed by atoms with Crippen LogP contribution in [0.3, 0.4) is 0 Å². The summed E-state index contributed by atoms with van der Waals surface area (Å²) >= 11 is 14.8. The van der Waals surface area contributed by atoms with E-state index in [0.717, 1.165) is 55.7 Å². The zero-order valence-electron chi connectivity index (χ0n) is 23.6. The van der Waals surface area contributed by atoms with Crippen molar-refractivity contribution in [3.8, 4) is 11.1 Å². The Hall–Kier alpha value is -3.96. The van der Waals surface area contributed by atoms with Crippen LogP contribution in [0.4, 0.5) is 11.4 Å². The first-order chi connectivity index (χ1) is 21.2. The molecule has 4 aromatic carbocycles. The minimum absolute atomic E-state index is 0.125. The Morgan fingerprint density at radius 1 is 0.659 bits per heavy atom. The van der Waals surface area contributed by atoms with E-state index >= 15 is 0 Å². The van der Waals surface area contributed by atoms with E-state index in [1.54, 1.807) is 12.1 Å². The number of aromatic nitrogens is 4.